The first-order valence-corrected chi connectivity index (χ1v) is 8.07. The van der Waals surface area contributed by atoms with Crippen molar-refractivity contribution in [2.75, 3.05) is 5.32 Å². The predicted molar refractivity (Wildman–Crippen MR) is 81.1 cm³/mol. The van der Waals surface area contributed by atoms with Gasteiger partial charge in [0.1, 0.15) is 6.04 Å². The van der Waals surface area contributed by atoms with E-state index in [1.165, 1.54) is 5.56 Å². The molecule has 3 heterocycles. The maximum absolute atomic E-state index is 12.9. The number of carbonyl (C=O) groups is 1. The fourth-order valence-electron chi connectivity index (χ4n) is 4.31. The van der Waals surface area contributed by atoms with Crippen LogP contribution in [-0.2, 0) is 11.2 Å². The molecule has 0 aliphatic carbocycles. The number of amides is 1. The zero-order valence-electron chi connectivity index (χ0n) is 12.2. The summed E-state index contributed by atoms with van der Waals surface area (Å²) in [6.07, 6.45) is 5.23. The van der Waals surface area contributed by atoms with Crippen LogP contribution in [0.2, 0.25) is 0 Å². The zero-order chi connectivity index (χ0) is 14.4. The lowest BCUT2D eigenvalue weighted by Crippen LogP contribution is -2.53. The minimum absolute atomic E-state index is 0.0988. The summed E-state index contributed by atoms with van der Waals surface area (Å²) in [7, 11) is 0. The molecule has 1 aromatic carbocycles. The van der Waals surface area contributed by atoms with E-state index in [0.717, 1.165) is 44.2 Å². The molecule has 21 heavy (non-hydrogen) atoms. The fourth-order valence-corrected chi connectivity index (χ4v) is 4.31. The van der Waals surface area contributed by atoms with E-state index < -0.39 is 0 Å². The van der Waals surface area contributed by atoms with E-state index in [9.17, 15) is 9.90 Å². The van der Waals surface area contributed by atoms with Crippen molar-refractivity contribution in [1.82, 2.24) is 4.90 Å². The Hall–Kier alpha value is -1.55. The third kappa shape index (κ3) is 2.22. The maximum Gasteiger partial charge on any atom is 0.245 e. The highest BCUT2D eigenvalue weighted by Gasteiger charge is 2.44. The second kappa shape index (κ2) is 5.02. The van der Waals surface area contributed by atoms with E-state index >= 15 is 0 Å². The maximum atomic E-state index is 12.9. The summed E-state index contributed by atoms with van der Waals surface area (Å²) in [5.41, 5.74) is 2.41. The number of nitrogens with zero attached hydrogens (tertiary/aromatic N) is 1. The van der Waals surface area contributed by atoms with Crippen LogP contribution in [0.1, 0.15) is 37.7 Å². The van der Waals surface area contributed by atoms with Gasteiger partial charge in [-0.25, -0.2) is 0 Å². The van der Waals surface area contributed by atoms with Crippen LogP contribution in [0.3, 0.4) is 0 Å². The fraction of sp³-hybridized carbons (Fsp3) is 0.588. The molecule has 2 N–H and O–H groups in total. The van der Waals surface area contributed by atoms with Crippen LogP contribution in [0.25, 0.3) is 0 Å². The molecule has 0 radical (unpaired) electrons. The van der Waals surface area contributed by atoms with E-state index in [0.29, 0.717) is 0 Å². The SMILES string of the molecule is O=C(C1CCc2ccccc2N1)N1C2CCC1CC(O)C2. The number of hydrogen-bond acceptors (Lipinski definition) is 3. The molecule has 112 valence electrons. The first-order chi connectivity index (χ1) is 10.2. The number of para-hydroxylation sites is 1. The van der Waals surface area contributed by atoms with Gasteiger partial charge < -0.3 is 15.3 Å². The summed E-state index contributed by atoms with van der Waals surface area (Å²) in [6.45, 7) is 0. The Morgan fingerprint density at radius 1 is 1.14 bits per heavy atom. The van der Waals surface area contributed by atoms with Gasteiger partial charge in [-0.15, -0.1) is 0 Å². The van der Waals surface area contributed by atoms with Gasteiger partial charge in [-0.2, -0.15) is 0 Å². The van der Waals surface area contributed by atoms with Gasteiger partial charge in [0, 0.05) is 17.8 Å². The number of piperidine rings is 1. The molecule has 3 atom stereocenters. The molecule has 1 aromatic rings. The lowest BCUT2D eigenvalue weighted by atomic mass is 9.94. The summed E-state index contributed by atoms with van der Waals surface area (Å²) in [5, 5.41) is 13.3. The highest BCUT2D eigenvalue weighted by atomic mass is 16.3. The smallest absolute Gasteiger partial charge is 0.245 e. The first-order valence-electron chi connectivity index (χ1n) is 8.07. The number of benzene rings is 1. The molecule has 4 heteroatoms. The Kier molecular flexibility index (Phi) is 3.14. The van der Waals surface area contributed by atoms with Gasteiger partial charge in [-0.1, -0.05) is 18.2 Å². The average molecular weight is 286 g/mol. The molecule has 3 unspecified atom stereocenters. The summed E-state index contributed by atoms with van der Waals surface area (Å²) >= 11 is 0. The van der Waals surface area contributed by atoms with Crippen molar-refractivity contribution in [3.8, 4) is 0 Å². The monoisotopic (exact) mass is 286 g/mol. The zero-order valence-corrected chi connectivity index (χ0v) is 12.2. The standard InChI is InChI=1S/C17H22N2O2/c20-14-9-12-6-7-13(10-14)19(12)17(21)16-8-5-11-3-1-2-4-15(11)18-16/h1-4,12-14,16,18,20H,5-10H2. The molecule has 3 aliphatic heterocycles. The topological polar surface area (TPSA) is 52.6 Å². The predicted octanol–water partition coefficient (Wildman–Crippen LogP) is 1.93. The Morgan fingerprint density at radius 2 is 1.86 bits per heavy atom. The van der Waals surface area contributed by atoms with Gasteiger partial charge in [-0.3, -0.25) is 4.79 Å². The minimum atomic E-state index is -0.216. The van der Waals surface area contributed by atoms with Gasteiger partial charge in [-0.05, 0) is 50.2 Å². The van der Waals surface area contributed by atoms with Crippen molar-refractivity contribution in [2.45, 2.75) is 62.8 Å². The van der Waals surface area contributed by atoms with E-state index in [4.69, 9.17) is 0 Å². The van der Waals surface area contributed by atoms with Crippen molar-refractivity contribution in [3.63, 3.8) is 0 Å². The van der Waals surface area contributed by atoms with Crippen LogP contribution in [-0.4, -0.2) is 40.1 Å². The Balaban J connectivity index is 1.52. The lowest BCUT2D eigenvalue weighted by Gasteiger charge is -2.40. The van der Waals surface area contributed by atoms with Crippen LogP contribution in [0.15, 0.2) is 24.3 Å². The third-order valence-corrected chi connectivity index (χ3v) is 5.31. The number of fused-ring (bicyclic) bond motifs is 3. The lowest BCUT2D eigenvalue weighted by molar-refractivity contribution is -0.138. The molecule has 0 spiro atoms. The van der Waals surface area contributed by atoms with Crippen molar-refractivity contribution in [3.05, 3.63) is 29.8 Å². The average Bonchev–Trinajstić information content (AvgIpc) is 2.78. The number of hydrogen-bond donors (Lipinski definition) is 2. The van der Waals surface area contributed by atoms with E-state index in [2.05, 4.69) is 28.4 Å². The van der Waals surface area contributed by atoms with Gasteiger partial charge >= 0.3 is 0 Å². The Morgan fingerprint density at radius 3 is 2.62 bits per heavy atom. The van der Waals surface area contributed by atoms with Crippen molar-refractivity contribution in [1.29, 1.82) is 0 Å². The summed E-state index contributed by atoms with van der Waals surface area (Å²) in [6, 6.07) is 8.66. The number of rotatable bonds is 1. The normalized spacial score (nSPS) is 34.2. The minimum Gasteiger partial charge on any atom is -0.393 e. The highest BCUT2D eigenvalue weighted by molar-refractivity contribution is 5.86. The summed E-state index contributed by atoms with van der Waals surface area (Å²) in [4.78, 5) is 15.0. The highest BCUT2D eigenvalue weighted by Crippen LogP contribution is 2.37. The van der Waals surface area contributed by atoms with Crippen molar-refractivity contribution >= 4 is 11.6 Å². The van der Waals surface area contributed by atoms with Crippen LogP contribution in [0.4, 0.5) is 5.69 Å². The molecule has 2 fully saturated rings. The number of nitrogens with one attached hydrogen (secondary N) is 1. The number of anilines is 1. The van der Waals surface area contributed by atoms with Gasteiger partial charge in [0.2, 0.25) is 5.91 Å². The molecule has 0 saturated carbocycles. The Labute approximate surface area is 125 Å². The molecule has 1 amide bonds. The van der Waals surface area contributed by atoms with Gasteiger partial charge in [0.15, 0.2) is 0 Å². The van der Waals surface area contributed by atoms with E-state index in [1.807, 2.05) is 6.07 Å². The summed E-state index contributed by atoms with van der Waals surface area (Å²) < 4.78 is 0. The largest absolute Gasteiger partial charge is 0.393 e. The number of aliphatic hydroxyl groups excluding tert-OH is 1. The van der Waals surface area contributed by atoms with Crippen molar-refractivity contribution in [2.24, 2.45) is 0 Å². The van der Waals surface area contributed by atoms with Crippen LogP contribution >= 0.6 is 0 Å². The molecule has 2 saturated heterocycles. The molecule has 3 aliphatic rings. The quantitative estimate of drug-likeness (QED) is 0.829. The second-order valence-corrected chi connectivity index (χ2v) is 6.65. The van der Waals surface area contributed by atoms with Crippen LogP contribution in [0, 0.1) is 0 Å². The second-order valence-electron chi connectivity index (χ2n) is 6.65. The van der Waals surface area contributed by atoms with Gasteiger partial charge in [0.25, 0.3) is 0 Å². The van der Waals surface area contributed by atoms with E-state index in [1.54, 1.807) is 0 Å². The van der Waals surface area contributed by atoms with Crippen LogP contribution in [0.5, 0.6) is 0 Å². The number of carbonyl (C=O) groups excluding carboxylic acids is 1. The molecule has 2 bridgehead atoms. The third-order valence-electron chi connectivity index (χ3n) is 5.31. The van der Waals surface area contributed by atoms with Crippen LogP contribution < -0.4 is 5.32 Å². The van der Waals surface area contributed by atoms with Gasteiger partial charge in [0.05, 0.1) is 6.10 Å². The first kappa shape index (κ1) is 13.1. The molecular formula is C17H22N2O2. The molecule has 0 aromatic heterocycles. The molecular weight excluding hydrogens is 264 g/mol. The molecule has 4 rings (SSSR count). The van der Waals surface area contributed by atoms with E-state index in [-0.39, 0.29) is 30.1 Å². The summed E-state index contributed by atoms with van der Waals surface area (Å²) in [5.74, 6) is 0.240. The Bertz CT molecular complexity index is 545. The number of aryl methyl sites for hydroxylation is 1. The molecule has 4 nitrogen and oxygen atoms in total. The van der Waals surface area contributed by atoms with Crippen molar-refractivity contribution < 1.29 is 9.90 Å². The number of aliphatic hydroxyl groups is 1.